The molecule has 8 nitrogen and oxygen atoms in total. The van der Waals surface area contributed by atoms with E-state index in [0.717, 1.165) is 11.1 Å². The number of rotatable bonds is 8. The first-order valence-electron chi connectivity index (χ1n) is 10.4. The Morgan fingerprint density at radius 2 is 1.71 bits per heavy atom. The van der Waals surface area contributed by atoms with E-state index >= 15 is 0 Å². The molecule has 0 spiro atoms. The second kappa shape index (κ2) is 9.40. The molecule has 0 atom stereocenters. The zero-order chi connectivity index (χ0) is 24.3. The maximum Gasteiger partial charge on any atom is 0.339 e. The molecule has 0 fully saturated rings. The number of aromatic carboxylic acids is 1. The predicted molar refractivity (Wildman–Crippen MR) is 131 cm³/mol. The lowest BCUT2D eigenvalue weighted by Gasteiger charge is -2.12. The van der Waals surface area contributed by atoms with E-state index in [4.69, 9.17) is 4.74 Å². The van der Waals surface area contributed by atoms with Gasteiger partial charge in [-0.05, 0) is 55.0 Å². The molecular formula is C25H23N3O5S. The fourth-order valence-corrected chi connectivity index (χ4v) is 4.44. The number of anilines is 2. The number of carboxylic acids is 1. The number of carbonyl (C=O) groups is 1. The van der Waals surface area contributed by atoms with Crippen LogP contribution in [0.1, 0.15) is 21.5 Å². The van der Waals surface area contributed by atoms with Gasteiger partial charge >= 0.3 is 5.97 Å². The van der Waals surface area contributed by atoms with Crippen molar-refractivity contribution in [1.82, 2.24) is 4.98 Å². The first-order valence-corrected chi connectivity index (χ1v) is 11.9. The summed E-state index contributed by atoms with van der Waals surface area (Å²) in [6, 6.07) is 20.2. The minimum atomic E-state index is -3.69. The number of pyridine rings is 1. The smallest absolute Gasteiger partial charge is 0.339 e. The maximum atomic E-state index is 12.6. The summed E-state index contributed by atoms with van der Waals surface area (Å²) < 4.78 is 32.9. The number of methoxy groups -OCH3 is 1. The van der Waals surface area contributed by atoms with E-state index in [1.807, 2.05) is 6.92 Å². The SMILES string of the molecule is COc1ccc2cc(C(=O)O)c(NCc3ccc(NS(=O)(=O)c4ccc(C)cc4)cc3)nc2c1. The third-order valence-corrected chi connectivity index (χ3v) is 6.65. The normalized spacial score (nSPS) is 11.2. The van der Waals surface area contributed by atoms with Gasteiger partial charge in [0.25, 0.3) is 10.0 Å². The van der Waals surface area contributed by atoms with Crippen molar-refractivity contribution in [3.63, 3.8) is 0 Å². The van der Waals surface area contributed by atoms with Crippen molar-refractivity contribution in [2.24, 2.45) is 0 Å². The fourth-order valence-electron chi connectivity index (χ4n) is 3.38. The molecule has 0 saturated heterocycles. The molecule has 1 aromatic heterocycles. The van der Waals surface area contributed by atoms with Crippen LogP contribution in [0.5, 0.6) is 5.75 Å². The molecule has 4 rings (SSSR count). The summed E-state index contributed by atoms with van der Waals surface area (Å²) in [5, 5.41) is 13.4. The molecular weight excluding hydrogens is 454 g/mol. The van der Waals surface area contributed by atoms with Crippen molar-refractivity contribution in [2.75, 3.05) is 17.1 Å². The van der Waals surface area contributed by atoms with Gasteiger partial charge in [0.2, 0.25) is 0 Å². The minimum Gasteiger partial charge on any atom is -0.497 e. The largest absolute Gasteiger partial charge is 0.497 e. The molecule has 0 radical (unpaired) electrons. The van der Waals surface area contributed by atoms with E-state index in [2.05, 4.69) is 15.0 Å². The number of nitrogens with one attached hydrogen (secondary N) is 2. The monoisotopic (exact) mass is 477 g/mol. The summed E-state index contributed by atoms with van der Waals surface area (Å²) >= 11 is 0. The van der Waals surface area contributed by atoms with Crippen LogP contribution in [0.25, 0.3) is 10.9 Å². The number of aromatic nitrogens is 1. The zero-order valence-corrected chi connectivity index (χ0v) is 19.4. The van der Waals surface area contributed by atoms with Crippen LogP contribution in [0.2, 0.25) is 0 Å². The number of benzene rings is 3. The average molecular weight is 478 g/mol. The zero-order valence-electron chi connectivity index (χ0n) is 18.6. The van der Waals surface area contributed by atoms with Crippen molar-refractivity contribution in [3.05, 3.63) is 89.5 Å². The van der Waals surface area contributed by atoms with Gasteiger partial charge in [0.15, 0.2) is 0 Å². The molecule has 0 unspecified atom stereocenters. The Bertz CT molecular complexity index is 1450. The highest BCUT2D eigenvalue weighted by atomic mass is 32.2. The third-order valence-electron chi connectivity index (χ3n) is 5.25. The van der Waals surface area contributed by atoms with Crippen molar-refractivity contribution < 1.29 is 23.1 Å². The molecule has 0 aliphatic carbocycles. The molecule has 3 aromatic carbocycles. The number of hydrogen-bond acceptors (Lipinski definition) is 6. The number of ether oxygens (including phenoxy) is 1. The standard InChI is InChI=1S/C25H23N3O5S/c1-16-3-11-21(12-4-16)34(31,32)28-19-8-5-17(6-9-19)15-26-24-22(25(29)30)13-18-7-10-20(33-2)14-23(18)27-24/h3-14,28H,15H2,1-2H3,(H,26,27)(H,29,30). The Hall–Kier alpha value is -4.11. The number of nitrogens with zero attached hydrogens (tertiary/aromatic N) is 1. The number of aryl methyl sites for hydroxylation is 1. The van der Waals surface area contributed by atoms with Gasteiger partial charge in [-0.2, -0.15) is 0 Å². The summed E-state index contributed by atoms with van der Waals surface area (Å²) in [5.41, 5.74) is 2.88. The summed E-state index contributed by atoms with van der Waals surface area (Å²) in [7, 11) is -2.14. The first-order chi connectivity index (χ1) is 16.2. The first kappa shape index (κ1) is 23.1. The molecule has 0 saturated carbocycles. The minimum absolute atomic E-state index is 0.0557. The van der Waals surface area contributed by atoms with Crippen molar-refractivity contribution >= 4 is 38.4 Å². The molecule has 174 valence electrons. The number of hydrogen-bond donors (Lipinski definition) is 3. The van der Waals surface area contributed by atoms with Crippen LogP contribution >= 0.6 is 0 Å². The molecule has 0 amide bonds. The fraction of sp³-hybridized carbons (Fsp3) is 0.120. The van der Waals surface area contributed by atoms with E-state index in [1.54, 1.807) is 79.9 Å². The van der Waals surface area contributed by atoms with Gasteiger partial charge in [0.05, 0.1) is 17.5 Å². The second-order valence-corrected chi connectivity index (χ2v) is 9.40. The predicted octanol–water partition coefficient (Wildman–Crippen LogP) is 4.66. The number of sulfonamides is 1. The van der Waals surface area contributed by atoms with Gasteiger partial charge in [0, 0.05) is 23.7 Å². The molecule has 0 bridgehead atoms. The van der Waals surface area contributed by atoms with Gasteiger partial charge < -0.3 is 15.2 Å². The number of fused-ring (bicyclic) bond motifs is 1. The number of carboxylic acid groups (broad SMARTS) is 1. The van der Waals surface area contributed by atoms with Crippen LogP contribution in [-0.4, -0.2) is 31.6 Å². The van der Waals surface area contributed by atoms with Crippen LogP contribution in [-0.2, 0) is 16.6 Å². The highest BCUT2D eigenvalue weighted by Gasteiger charge is 2.15. The van der Waals surface area contributed by atoms with E-state index in [1.165, 1.54) is 0 Å². The molecule has 3 N–H and O–H groups in total. The molecule has 34 heavy (non-hydrogen) atoms. The molecule has 4 aromatic rings. The maximum absolute atomic E-state index is 12.6. The van der Waals surface area contributed by atoms with Crippen molar-refractivity contribution in [2.45, 2.75) is 18.4 Å². The third kappa shape index (κ3) is 5.10. The Labute approximate surface area is 197 Å². The van der Waals surface area contributed by atoms with Gasteiger partial charge in [-0.3, -0.25) is 4.72 Å². The lowest BCUT2D eigenvalue weighted by Crippen LogP contribution is -2.13. The average Bonchev–Trinajstić information content (AvgIpc) is 2.82. The van der Waals surface area contributed by atoms with Crippen molar-refractivity contribution in [1.29, 1.82) is 0 Å². The van der Waals surface area contributed by atoms with Gasteiger partial charge in [-0.1, -0.05) is 29.8 Å². The van der Waals surface area contributed by atoms with E-state index in [-0.39, 0.29) is 16.3 Å². The molecule has 0 aliphatic heterocycles. The summed E-state index contributed by atoms with van der Waals surface area (Å²) in [6.07, 6.45) is 0. The lowest BCUT2D eigenvalue weighted by atomic mass is 10.1. The van der Waals surface area contributed by atoms with Gasteiger partial charge in [-0.15, -0.1) is 0 Å². The molecule has 1 heterocycles. The van der Waals surface area contributed by atoms with E-state index in [0.29, 0.717) is 28.9 Å². The van der Waals surface area contributed by atoms with Crippen LogP contribution < -0.4 is 14.8 Å². The summed E-state index contributed by atoms with van der Waals surface area (Å²) in [4.78, 5) is 16.4. The van der Waals surface area contributed by atoms with Crippen LogP contribution in [0.4, 0.5) is 11.5 Å². The highest BCUT2D eigenvalue weighted by Crippen LogP contribution is 2.25. The lowest BCUT2D eigenvalue weighted by molar-refractivity contribution is 0.0697. The van der Waals surface area contributed by atoms with E-state index in [9.17, 15) is 18.3 Å². The van der Waals surface area contributed by atoms with E-state index < -0.39 is 16.0 Å². The van der Waals surface area contributed by atoms with Crippen LogP contribution in [0.15, 0.2) is 77.7 Å². The van der Waals surface area contributed by atoms with Crippen LogP contribution in [0.3, 0.4) is 0 Å². The van der Waals surface area contributed by atoms with Crippen molar-refractivity contribution in [3.8, 4) is 5.75 Å². The second-order valence-electron chi connectivity index (χ2n) is 7.72. The Morgan fingerprint density at radius 1 is 1.00 bits per heavy atom. The van der Waals surface area contributed by atoms with Gasteiger partial charge in [-0.25, -0.2) is 18.2 Å². The molecule has 9 heteroatoms. The summed E-state index contributed by atoms with van der Waals surface area (Å²) in [5.74, 6) is -0.233. The summed E-state index contributed by atoms with van der Waals surface area (Å²) in [6.45, 7) is 2.19. The van der Waals surface area contributed by atoms with Gasteiger partial charge in [0.1, 0.15) is 17.1 Å². The van der Waals surface area contributed by atoms with Crippen LogP contribution in [0, 0.1) is 6.92 Å². The highest BCUT2D eigenvalue weighted by molar-refractivity contribution is 7.92. The topological polar surface area (TPSA) is 118 Å². The Balaban J connectivity index is 1.50. The quantitative estimate of drug-likeness (QED) is 0.338. The Morgan fingerprint density at radius 3 is 2.35 bits per heavy atom. The Kier molecular flexibility index (Phi) is 6.38. The molecule has 0 aliphatic rings.